The number of para-hydroxylation sites is 1. The van der Waals surface area contributed by atoms with Gasteiger partial charge in [-0.3, -0.25) is 14.5 Å². The molecule has 6 heteroatoms. The Bertz CT molecular complexity index is 1010. The van der Waals surface area contributed by atoms with Crippen LogP contribution in [0.1, 0.15) is 0 Å². The van der Waals surface area contributed by atoms with E-state index in [1.807, 2.05) is 72.8 Å². The molecule has 0 bridgehead atoms. The average molecular weight is 403 g/mol. The number of carbonyl (C=O) groups excluding carboxylic acids is 2. The van der Waals surface area contributed by atoms with E-state index in [-0.39, 0.29) is 18.4 Å². The van der Waals surface area contributed by atoms with Crippen LogP contribution in [0.25, 0.3) is 10.8 Å². The first-order valence-corrected chi connectivity index (χ1v) is 10.1. The molecule has 30 heavy (non-hydrogen) atoms. The van der Waals surface area contributed by atoms with Crippen molar-refractivity contribution in [3.63, 3.8) is 0 Å². The molecule has 3 aromatic carbocycles. The van der Waals surface area contributed by atoms with Crippen molar-refractivity contribution in [3.8, 4) is 5.75 Å². The molecule has 1 aliphatic rings. The van der Waals surface area contributed by atoms with Crippen LogP contribution in [0.15, 0.2) is 72.8 Å². The zero-order chi connectivity index (χ0) is 20.8. The smallest absolute Gasteiger partial charge is 0.260 e. The Balaban J connectivity index is 1.21. The molecule has 1 N–H and O–H groups in total. The number of piperazine rings is 1. The third-order valence-electron chi connectivity index (χ3n) is 5.23. The largest absolute Gasteiger partial charge is 0.484 e. The van der Waals surface area contributed by atoms with E-state index in [0.29, 0.717) is 38.5 Å². The molecule has 6 nitrogen and oxygen atoms in total. The van der Waals surface area contributed by atoms with Gasteiger partial charge in [-0.05, 0) is 35.0 Å². The number of hydrogen-bond donors (Lipinski definition) is 1. The van der Waals surface area contributed by atoms with Gasteiger partial charge in [-0.2, -0.15) is 0 Å². The van der Waals surface area contributed by atoms with Gasteiger partial charge in [0, 0.05) is 31.9 Å². The van der Waals surface area contributed by atoms with Crippen molar-refractivity contribution in [3.05, 3.63) is 72.8 Å². The lowest BCUT2D eigenvalue weighted by molar-refractivity contribution is -0.135. The van der Waals surface area contributed by atoms with Gasteiger partial charge in [0.1, 0.15) is 5.75 Å². The fourth-order valence-corrected chi connectivity index (χ4v) is 3.57. The van der Waals surface area contributed by atoms with E-state index in [2.05, 4.69) is 10.2 Å². The maximum Gasteiger partial charge on any atom is 0.260 e. The summed E-state index contributed by atoms with van der Waals surface area (Å²) in [4.78, 5) is 28.6. The molecule has 1 aliphatic heterocycles. The van der Waals surface area contributed by atoms with Crippen LogP contribution < -0.4 is 10.1 Å². The summed E-state index contributed by atoms with van der Waals surface area (Å²) in [5.41, 5.74) is 0.794. The summed E-state index contributed by atoms with van der Waals surface area (Å²) in [5.74, 6) is 0.621. The Morgan fingerprint density at radius 3 is 2.30 bits per heavy atom. The lowest BCUT2D eigenvalue weighted by Gasteiger charge is -2.34. The second-order valence-corrected chi connectivity index (χ2v) is 7.37. The lowest BCUT2D eigenvalue weighted by atomic mass is 10.1. The van der Waals surface area contributed by atoms with Gasteiger partial charge in [0.25, 0.3) is 5.91 Å². The topological polar surface area (TPSA) is 61.9 Å². The molecule has 0 spiro atoms. The minimum Gasteiger partial charge on any atom is -0.484 e. The highest BCUT2D eigenvalue weighted by molar-refractivity contribution is 5.92. The molecule has 0 radical (unpaired) electrons. The molecular formula is C24H25N3O3. The van der Waals surface area contributed by atoms with Crippen molar-refractivity contribution in [2.24, 2.45) is 0 Å². The number of ether oxygens (including phenoxy) is 1. The van der Waals surface area contributed by atoms with Crippen LogP contribution in [0.4, 0.5) is 5.69 Å². The van der Waals surface area contributed by atoms with Crippen LogP contribution in [-0.4, -0.2) is 60.9 Å². The van der Waals surface area contributed by atoms with Crippen LogP contribution in [-0.2, 0) is 9.59 Å². The number of anilines is 1. The van der Waals surface area contributed by atoms with Crippen LogP contribution in [0, 0.1) is 0 Å². The summed E-state index contributed by atoms with van der Waals surface area (Å²) in [6.45, 7) is 2.88. The zero-order valence-corrected chi connectivity index (χ0v) is 16.8. The van der Waals surface area contributed by atoms with E-state index >= 15 is 0 Å². The highest BCUT2D eigenvalue weighted by Crippen LogP contribution is 2.20. The maximum atomic E-state index is 12.5. The zero-order valence-electron chi connectivity index (χ0n) is 16.8. The molecule has 3 aromatic rings. The molecule has 154 valence electrons. The van der Waals surface area contributed by atoms with E-state index < -0.39 is 0 Å². The average Bonchev–Trinajstić information content (AvgIpc) is 2.78. The molecule has 0 aliphatic carbocycles. The SMILES string of the molecule is O=C(CN1CCN(C(=O)COc2ccc3ccccc3c2)CC1)Nc1ccccc1. The molecule has 0 atom stereocenters. The van der Waals surface area contributed by atoms with Gasteiger partial charge < -0.3 is 15.0 Å². The first-order valence-electron chi connectivity index (χ1n) is 10.1. The Kier molecular flexibility index (Phi) is 6.25. The van der Waals surface area contributed by atoms with Crippen molar-refractivity contribution >= 4 is 28.3 Å². The standard InChI is InChI=1S/C24H25N3O3/c28-23(25-21-8-2-1-3-9-21)17-26-12-14-27(15-13-26)24(29)18-30-22-11-10-19-6-4-5-7-20(19)16-22/h1-11,16H,12-15,17-18H2,(H,25,28). The number of rotatable bonds is 6. The summed E-state index contributed by atoms with van der Waals surface area (Å²) < 4.78 is 5.72. The third kappa shape index (κ3) is 5.15. The highest BCUT2D eigenvalue weighted by atomic mass is 16.5. The molecule has 2 amide bonds. The molecular weight excluding hydrogens is 378 g/mol. The van der Waals surface area contributed by atoms with E-state index in [4.69, 9.17) is 4.74 Å². The molecule has 4 rings (SSSR count). The first-order chi connectivity index (χ1) is 14.7. The fourth-order valence-electron chi connectivity index (χ4n) is 3.57. The molecule has 1 fully saturated rings. The van der Waals surface area contributed by atoms with Crippen molar-refractivity contribution in [1.82, 2.24) is 9.80 Å². The Morgan fingerprint density at radius 1 is 0.833 bits per heavy atom. The number of nitrogens with zero attached hydrogens (tertiary/aromatic N) is 2. The fraction of sp³-hybridized carbons (Fsp3) is 0.250. The highest BCUT2D eigenvalue weighted by Gasteiger charge is 2.22. The van der Waals surface area contributed by atoms with Crippen LogP contribution in [0.3, 0.4) is 0 Å². The van der Waals surface area contributed by atoms with Gasteiger partial charge >= 0.3 is 0 Å². The van der Waals surface area contributed by atoms with Crippen LogP contribution in [0.5, 0.6) is 5.75 Å². The normalized spacial score (nSPS) is 14.5. The minimum absolute atomic E-state index is 0.0207. The Labute approximate surface area is 176 Å². The van der Waals surface area contributed by atoms with E-state index in [9.17, 15) is 9.59 Å². The molecule has 1 saturated heterocycles. The number of fused-ring (bicyclic) bond motifs is 1. The van der Waals surface area contributed by atoms with Gasteiger partial charge in [-0.25, -0.2) is 0 Å². The summed E-state index contributed by atoms with van der Waals surface area (Å²) in [7, 11) is 0. The van der Waals surface area contributed by atoms with Gasteiger partial charge in [0.05, 0.1) is 6.54 Å². The molecule has 0 aromatic heterocycles. The van der Waals surface area contributed by atoms with E-state index in [1.54, 1.807) is 4.90 Å². The first kappa shape index (κ1) is 19.9. The van der Waals surface area contributed by atoms with Crippen molar-refractivity contribution < 1.29 is 14.3 Å². The lowest BCUT2D eigenvalue weighted by Crippen LogP contribution is -2.51. The molecule has 0 saturated carbocycles. The second kappa shape index (κ2) is 9.41. The summed E-state index contributed by atoms with van der Waals surface area (Å²) in [6, 6.07) is 23.3. The number of benzene rings is 3. The Hall–Kier alpha value is -3.38. The summed E-state index contributed by atoms with van der Waals surface area (Å²) in [5, 5.41) is 5.12. The van der Waals surface area contributed by atoms with Crippen LogP contribution in [0.2, 0.25) is 0 Å². The van der Waals surface area contributed by atoms with Crippen molar-refractivity contribution in [2.75, 3.05) is 44.6 Å². The van der Waals surface area contributed by atoms with Gasteiger partial charge in [0.2, 0.25) is 5.91 Å². The Morgan fingerprint density at radius 2 is 1.53 bits per heavy atom. The van der Waals surface area contributed by atoms with Crippen molar-refractivity contribution in [2.45, 2.75) is 0 Å². The summed E-state index contributed by atoms with van der Waals surface area (Å²) >= 11 is 0. The number of amides is 2. The number of carbonyl (C=O) groups is 2. The molecule has 0 unspecified atom stereocenters. The summed E-state index contributed by atoms with van der Waals surface area (Å²) in [6.07, 6.45) is 0. The predicted octanol–water partition coefficient (Wildman–Crippen LogP) is 3.00. The van der Waals surface area contributed by atoms with Gasteiger partial charge in [0.15, 0.2) is 6.61 Å². The number of hydrogen-bond acceptors (Lipinski definition) is 4. The monoisotopic (exact) mass is 403 g/mol. The van der Waals surface area contributed by atoms with Crippen molar-refractivity contribution in [1.29, 1.82) is 0 Å². The van der Waals surface area contributed by atoms with Crippen LogP contribution >= 0.6 is 0 Å². The van der Waals surface area contributed by atoms with E-state index in [1.165, 1.54) is 0 Å². The van der Waals surface area contributed by atoms with E-state index in [0.717, 1.165) is 16.5 Å². The second-order valence-electron chi connectivity index (χ2n) is 7.37. The minimum atomic E-state index is -0.0411. The maximum absolute atomic E-state index is 12.5. The number of nitrogens with one attached hydrogen (secondary N) is 1. The quantitative estimate of drug-likeness (QED) is 0.687. The predicted molar refractivity (Wildman–Crippen MR) is 118 cm³/mol. The third-order valence-corrected chi connectivity index (χ3v) is 5.23. The molecule has 1 heterocycles. The van der Waals surface area contributed by atoms with Gasteiger partial charge in [-0.1, -0.05) is 48.5 Å². The van der Waals surface area contributed by atoms with Gasteiger partial charge in [-0.15, -0.1) is 0 Å².